The second-order valence-corrected chi connectivity index (χ2v) is 7.65. The molecule has 100 valence electrons. The minimum atomic E-state index is -0.265. The van der Waals surface area contributed by atoms with Crippen molar-refractivity contribution in [2.45, 2.75) is 11.2 Å². The molecular weight excluding hydrogens is 509 g/mol. The van der Waals surface area contributed by atoms with Gasteiger partial charge in [-0.3, -0.25) is 0 Å². The Balaban J connectivity index is 2.31. The van der Waals surface area contributed by atoms with E-state index in [1.807, 2.05) is 12.1 Å². The average Bonchev–Trinajstić information content (AvgIpc) is 2.37. The topological polar surface area (TPSA) is 0 Å². The zero-order valence-corrected chi connectivity index (χ0v) is 15.7. The lowest BCUT2D eigenvalue weighted by atomic mass is 10.0. The van der Waals surface area contributed by atoms with Crippen LogP contribution in [0.25, 0.3) is 0 Å². The third-order valence-electron chi connectivity index (χ3n) is 2.74. The van der Waals surface area contributed by atoms with Crippen molar-refractivity contribution in [3.8, 4) is 0 Å². The molecule has 0 bridgehead atoms. The van der Waals surface area contributed by atoms with Gasteiger partial charge in [0.05, 0.1) is 0 Å². The predicted octanol–water partition coefficient (Wildman–Crippen LogP) is 6.52. The molecule has 0 aromatic heterocycles. The predicted molar refractivity (Wildman–Crippen MR) is 93.6 cm³/mol. The molecule has 0 N–H and O–H groups in total. The van der Waals surface area contributed by atoms with Crippen LogP contribution in [0, 0.1) is 9.39 Å². The van der Waals surface area contributed by atoms with E-state index in [4.69, 9.17) is 11.6 Å². The van der Waals surface area contributed by atoms with Gasteiger partial charge in [0.15, 0.2) is 0 Å². The van der Waals surface area contributed by atoms with Gasteiger partial charge in [-0.1, -0.05) is 49.5 Å². The molecule has 0 fully saturated rings. The first-order valence-corrected chi connectivity index (χ1v) is 8.67. The Labute approximate surface area is 147 Å². The highest BCUT2D eigenvalue weighted by molar-refractivity contribution is 14.1. The van der Waals surface area contributed by atoms with Crippen LogP contribution < -0.4 is 0 Å². The van der Waals surface area contributed by atoms with Crippen LogP contribution in [0.1, 0.15) is 16.0 Å². The molecule has 0 saturated heterocycles. The zero-order valence-electron chi connectivity index (χ0n) is 9.64. The van der Waals surface area contributed by atoms with E-state index in [0.29, 0.717) is 17.0 Å². The van der Waals surface area contributed by atoms with E-state index in [2.05, 4.69) is 60.5 Å². The monoisotopic (exact) mass is 516 g/mol. The fourth-order valence-electron chi connectivity index (χ4n) is 1.77. The Kier molecular flexibility index (Phi) is 5.69. The maximum Gasteiger partial charge on any atom is 0.127 e. The zero-order chi connectivity index (χ0) is 14.0. The molecule has 0 amide bonds. The molecule has 19 heavy (non-hydrogen) atoms. The molecule has 0 nitrogen and oxygen atoms in total. The highest BCUT2D eigenvalue weighted by Gasteiger charge is 2.16. The summed E-state index contributed by atoms with van der Waals surface area (Å²) < 4.78 is 15.9. The number of hydrogen-bond acceptors (Lipinski definition) is 0. The minimum Gasteiger partial charge on any atom is -0.207 e. The highest BCUT2D eigenvalue weighted by Crippen LogP contribution is 2.35. The second-order valence-electron chi connectivity index (χ2n) is 4.04. The van der Waals surface area contributed by atoms with Gasteiger partial charge in [-0.15, -0.1) is 0 Å². The maximum absolute atomic E-state index is 13.8. The smallest absolute Gasteiger partial charge is 0.127 e. The van der Waals surface area contributed by atoms with Crippen LogP contribution in [0.15, 0.2) is 40.9 Å². The Morgan fingerprint density at radius 2 is 2.00 bits per heavy atom. The van der Waals surface area contributed by atoms with Crippen molar-refractivity contribution in [2.75, 3.05) is 0 Å². The van der Waals surface area contributed by atoms with Crippen LogP contribution in [0.5, 0.6) is 0 Å². The van der Waals surface area contributed by atoms with Gasteiger partial charge < -0.3 is 0 Å². The van der Waals surface area contributed by atoms with E-state index in [1.54, 1.807) is 12.1 Å². The van der Waals surface area contributed by atoms with E-state index >= 15 is 0 Å². The van der Waals surface area contributed by atoms with E-state index in [-0.39, 0.29) is 10.6 Å². The van der Waals surface area contributed by atoms with Gasteiger partial charge in [-0.05, 0) is 64.9 Å². The Morgan fingerprint density at radius 1 is 1.26 bits per heavy atom. The first-order chi connectivity index (χ1) is 8.99. The fourth-order valence-corrected chi connectivity index (χ4v) is 4.06. The lowest BCUT2D eigenvalue weighted by Gasteiger charge is -2.14. The molecular formula is C14H9Br2ClFI. The third kappa shape index (κ3) is 3.93. The van der Waals surface area contributed by atoms with E-state index in [1.165, 1.54) is 6.07 Å². The SMILES string of the molecule is Fc1cccc(Cl)c1CC(Br)c1cc(I)ccc1Br. The number of benzene rings is 2. The van der Waals surface area contributed by atoms with Crippen molar-refractivity contribution in [2.24, 2.45) is 0 Å². The van der Waals surface area contributed by atoms with E-state index in [0.717, 1.165) is 13.6 Å². The molecule has 0 heterocycles. The van der Waals surface area contributed by atoms with Gasteiger partial charge in [0.25, 0.3) is 0 Å². The van der Waals surface area contributed by atoms with Crippen molar-refractivity contribution in [1.29, 1.82) is 0 Å². The minimum absolute atomic E-state index is 0.00555. The summed E-state index contributed by atoms with van der Waals surface area (Å²) in [5, 5.41) is 0.464. The molecule has 0 aliphatic heterocycles. The normalized spacial score (nSPS) is 12.5. The average molecular weight is 518 g/mol. The molecule has 0 spiro atoms. The molecule has 2 rings (SSSR count). The standard InChI is InChI=1S/C14H9Br2ClFI/c15-11-5-4-8(19)6-9(11)12(16)7-10-13(17)2-1-3-14(10)18/h1-6,12H,7H2. The first kappa shape index (κ1) is 15.7. The van der Waals surface area contributed by atoms with Crippen LogP contribution in [0.4, 0.5) is 4.39 Å². The van der Waals surface area contributed by atoms with E-state index in [9.17, 15) is 4.39 Å². The van der Waals surface area contributed by atoms with Gasteiger partial charge in [-0.2, -0.15) is 0 Å². The van der Waals surface area contributed by atoms with Crippen LogP contribution in [0.3, 0.4) is 0 Å². The van der Waals surface area contributed by atoms with Crippen molar-refractivity contribution in [3.05, 3.63) is 66.4 Å². The van der Waals surface area contributed by atoms with Crippen molar-refractivity contribution >= 4 is 66.1 Å². The summed E-state index contributed by atoms with van der Waals surface area (Å²) >= 11 is 15.5. The van der Waals surface area contributed by atoms with Gasteiger partial charge in [0, 0.05) is 23.5 Å². The molecule has 0 radical (unpaired) electrons. The Bertz CT molecular complexity index is 584. The maximum atomic E-state index is 13.8. The van der Waals surface area contributed by atoms with Crippen LogP contribution >= 0.6 is 66.1 Å². The molecule has 5 heteroatoms. The van der Waals surface area contributed by atoms with Crippen molar-refractivity contribution in [1.82, 2.24) is 0 Å². The highest BCUT2D eigenvalue weighted by atomic mass is 127. The molecule has 1 unspecified atom stereocenters. The summed E-state index contributed by atoms with van der Waals surface area (Å²) in [6.07, 6.45) is 0.504. The lowest BCUT2D eigenvalue weighted by Crippen LogP contribution is -2.00. The molecule has 2 aromatic carbocycles. The van der Waals surface area contributed by atoms with Crippen molar-refractivity contribution < 1.29 is 4.39 Å². The Hall–Kier alpha value is 0.350. The van der Waals surface area contributed by atoms with Gasteiger partial charge in [0.1, 0.15) is 5.82 Å². The summed E-state index contributed by atoms with van der Waals surface area (Å²) in [5.41, 5.74) is 1.63. The quantitative estimate of drug-likeness (QED) is 0.321. The largest absolute Gasteiger partial charge is 0.207 e. The summed E-state index contributed by atoms with van der Waals surface area (Å²) in [6, 6.07) is 10.8. The third-order valence-corrected chi connectivity index (χ3v) is 5.30. The summed E-state index contributed by atoms with van der Waals surface area (Å²) in [6.45, 7) is 0. The number of rotatable bonds is 3. The van der Waals surface area contributed by atoms with Crippen LogP contribution in [-0.4, -0.2) is 0 Å². The first-order valence-electron chi connectivity index (χ1n) is 5.51. The summed E-state index contributed by atoms with van der Waals surface area (Å²) in [5.74, 6) is -0.265. The number of hydrogen-bond donors (Lipinski definition) is 0. The molecule has 2 aromatic rings. The second kappa shape index (κ2) is 6.87. The summed E-state index contributed by atoms with van der Waals surface area (Å²) in [7, 11) is 0. The number of alkyl halides is 1. The molecule has 0 aliphatic rings. The Morgan fingerprint density at radius 3 is 2.68 bits per heavy atom. The number of halogens is 5. The van der Waals surface area contributed by atoms with Crippen LogP contribution in [-0.2, 0) is 6.42 Å². The van der Waals surface area contributed by atoms with Crippen LogP contribution in [0.2, 0.25) is 5.02 Å². The molecule has 0 aliphatic carbocycles. The molecule has 0 saturated carbocycles. The summed E-state index contributed by atoms with van der Waals surface area (Å²) in [4.78, 5) is 0.00555. The van der Waals surface area contributed by atoms with Gasteiger partial charge >= 0.3 is 0 Å². The lowest BCUT2D eigenvalue weighted by molar-refractivity contribution is 0.608. The fraction of sp³-hybridized carbons (Fsp3) is 0.143. The van der Waals surface area contributed by atoms with Gasteiger partial charge in [0.2, 0.25) is 0 Å². The van der Waals surface area contributed by atoms with E-state index < -0.39 is 0 Å². The van der Waals surface area contributed by atoms with Gasteiger partial charge in [-0.25, -0.2) is 4.39 Å². The molecule has 1 atom stereocenters. The van der Waals surface area contributed by atoms with Crippen molar-refractivity contribution in [3.63, 3.8) is 0 Å².